The van der Waals surface area contributed by atoms with Gasteiger partial charge in [0.1, 0.15) is 0 Å². The van der Waals surface area contributed by atoms with Crippen LogP contribution in [0.4, 0.5) is 0 Å². The van der Waals surface area contributed by atoms with Crippen LogP contribution in [0.3, 0.4) is 0 Å². The standard InChI is InChI=1S/C19H16N2O4S/c22-13-17-9-6-16(12-20-17)19(23)21-26(24,25)18-10-7-15(8-11-18)14-4-2-1-3-5-14/h1-12,22H,13H2,(H,21,23). The van der Waals surface area contributed by atoms with Crippen LogP contribution in [0.5, 0.6) is 0 Å². The van der Waals surface area contributed by atoms with E-state index >= 15 is 0 Å². The zero-order valence-corrected chi connectivity index (χ0v) is 14.5. The Bertz CT molecular complexity index is 1000. The summed E-state index contributed by atoms with van der Waals surface area (Å²) in [5, 5.41) is 8.95. The number of sulfonamides is 1. The van der Waals surface area contributed by atoms with Crippen molar-refractivity contribution in [3.63, 3.8) is 0 Å². The van der Waals surface area contributed by atoms with Gasteiger partial charge in [-0.3, -0.25) is 9.78 Å². The maximum absolute atomic E-state index is 12.4. The Hall–Kier alpha value is -3.03. The van der Waals surface area contributed by atoms with E-state index in [1.807, 2.05) is 35.1 Å². The molecule has 0 saturated carbocycles. The van der Waals surface area contributed by atoms with Crippen LogP contribution in [0.1, 0.15) is 16.1 Å². The van der Waals surface area contributed by atoms with Gasteiger partial charge in [0.05, 0.1) is 22.8 Å². The second kappa shape index (κ2) is 7.47. The van der Waals surface area contributed by atoms with E-state index < -0.39 is 15.9 Å². The van der Waals surface area contributed by atoms with E-state index in [1.165, 1.54) is 30.5 Å². The summed E-state index contributed by atoms with van der Waals surface area (Å²) in [6, 6.07) is 18.7. The topological polar surface area (TPSA) is 96.4 Å². The molecule has 0 aliphatic heterocycles. The van der Waals surface area contributed by atoms with Gasteiger partial charge < -0.3 is 5.11 Å². The molecule has 0 aliphatic carbocycles. The summed E-state index contributed by atoms with van der Waals surface area (Å²) in [5.41, 5.74) is 2.32. The van der Waals surface area contributed by atoms with Crippen molar-refractivity contribution in [2.75, 3.05) is 0 Å². The third kappa shape index (κ3) is 3.96. The molecule has 6 nitrogen and oxygen atoms in total. The number of carbonyl (C=O) groups excluding carboxylic acids is 1. The highest BCUT2D eigenvalue weighted by molar-refractivity contribution is 7.90. The van der Waals surface area contributed by atoms with Crippen LogP contribution in [-0.4, -0.2) is 24.4 Å². The van der Waals surface area contributed by atoms with E-state index in [1.54, 1.807) is 12.1 Å². The molecule has 0 radical (unpaired) electrons. The zero-order valence-electron chi connectivity index (χ0n) is 13.7. The number of carbonyl (C=O) groups is 1. The largest absolute Gasteiger partial charge is 0.390 e. The number of aliphatic hydroxyl groups excluding tert-OH is 1. The van der Waals surface area contributed by atoms with Crippen LogP contribution in [0, 0.1) is 0 Å². The second-order valence-corrected chi connectivity index (χ2v) is 7.20. The van der Waals surface area contributed by atoms with Crippen molar-refractivity contribution in [2.45, 2.75) is 11.5 Å². The van der Waals surface area contributed by atoms with Gasteiger partial charge in [-0.2, -0.15) is 0 Å². The SMILES string of the molecule is O=C(NS(=O)(=O)c1ccc(-c2ccccc2)cc1)c1ccc(CO)nc1. The van der Waals surface area contributed by atoms with Crippen molar-refractivity contribution < 1.29 is 18.3 Å². The summed E-state index contributed by atoms with van der Waals surface area (Å²) in [6.07, 6.45) is 1.22. The molecule has 0 spiro atoms. The Labute approximate surface area is 151 Å². The number of aromatic nitrogens is 1. The molecular formula is C19H16N2O4S. The second-order valence-electron chi connectivity index (χ2n) is 5.52. The van der Waals surface area contributed by atoms with Crippen molar-refractivity contribution in [1.82, 2.24) is 9.71 Å². The van der Waals surface area contributed by atoms with Gasteiger partial charge in [-0.25, -0.2) is 13.1 Å². The van der Waals surface area contributed by atoms with E-state index in [4.69, 9.17) is 5.11 Å². The van der Waals surface area contributed by atoms with Crippen molar-refractivity contribution in [1.29, 1.82) is 0 Å². The average Bonchev–Trinajstić information content (AvgIpc) is 2.68. The van der Waals surface area contributed by atoms with Crippen molar-refractivity contribution in [2.24, 2.45) is 0 Å². The number of pyridine rings is 1. The van der Waals surface area contributed by atoms with Gasteiger partial charge in [0.15, 0.2) is 0 Å². The highest BCUT2D eigenvalue weighted by atomic mass is 32.2. The Balaban J connectivity index is 1.78. The lowest BCUT2D eigenvalue weighted by Gasteiger charge is -2.08. The normalized spacial score (nSPS) is 11.1. The van der Waals surface area contributed by atoms with Crippen LogP contribution in [0.25, 0.3) is 11.1 Å². The molecule has 1 amide bonds. The first-order chi connectivity index (χ1) is 12.5. The fourth-order valence-electron chi connectivity index (χ4n) is 2.35. The first-order valence-corrected chi connectivity index (χ1v) is 9.26. The minimum absolute atomic E-state index is 0.00883. The number of nitrogens with one attached hydrogen (secondary N) is 1. The van der Waals surface area contributed by atoms with E-state index in [9.17, 15) is 13.2 Å². The zero-order chi connectivity index (χ0) is 18.6. The minimum Gasteiger partial charge on any atom is -0.390 e. The van der Waals surface area contributed by atoms with E-state index in [0.29, 0.717) is 5.69 Å². The van der Waals surface area contributed by atoms with Gasteiger partial charge in [0, 0.05) is 6.20 Å². The van der Waals surface area contributed by atoms with Crippen LogP contribution < -0.4 is 4.72 Å². The van der Waals surface area contributed by atoms with E-state index in [2.05, 4.69) is 4.98 Å². The minimum atomic E-state index is -4.00. The molecule has 3 aromatic rings. The highest BCUT2D eigenvalue weighted by Gasteiger charge is 2.19. The molecule has 0 fully saturated rings. The van der Waals surface area contributed by atoms with Crippen LogP contribution in [-0.2, 0) is 16.6 Å². The molecule has 1 aromatic heterocycles. The number of hydrogen-bond donors (Lipinski definition) is 2. The third-order valence-electron chi connectivity index (χ3n) is 3.75. The average molecular weight is 368 g/mol. The van der Waals surface area contributed by atoms with E-state index in [-0.39, 0.29) is 17.1 Å². The predicted octanol–water partition coefficient (Wildman–Crippen LogP) is 2.36. The summed E-state index contributed by atoms with van der Waals surface area (Å²) in [7, 11) is -4.00. The lowest BCUT2D eigenvalue weighted by atomic mass is 10.1. The Morgan fingerprint density at radius 2 is 1.58 bits per heavy atom. The first kappa shape index (κ1) is 17.8. The molecule has 0 aliphatic rings. The van der Waals surface area contributed by atoms with Crippen molar-refractivity contribution in [3.05, 3.63) is 84.2 Å². The quantitative estimate of drug-likeness (QED) is 0.721. The fraction of sp³-hybridized carbons (Fsp3) is 0.0526. The first-order valence-electron chi connectivity index (χ1n) is 7.78. The Kier molecular flexibility index (Phi) is 5.11. The van der Waals surface area contributed by atoms with Crippen molar-refractivity contribution >= 4 is 15.9 Å². The molecule has 132 valence electrons. The third-order valence-corrected chi connectivity index (χ3v) is 5.09. The molecule has 0 saturated heterocycles. The summed E-state index contributed by atoms with van der Waals surface area (Å²) in [5.74, 6) is -0.783. The van der Waals surface area contributed by atoms with Crippen LogP contribution >= 0.6 is 0 Å². The van der Waals surface area contributed by atoms with Gasteiger partial charge in [-0.1, -0.05) is 42.5 Å². The molecule has 7 heteroatoms. The molecule has 0 atom stereocenters. The molecule has 26 heavy (non-hydrogen) atoms. The lowest BCUT2D eigenvalue weighted by Crippen LogP contribution is -2.30. The van der Waals surface area contributed by atoms with Crippen molar-refractivity contribution in [3.8, 4) is 11.1 Å². The maximum atomic E-state index is 12.4. The number of benzene rings is 2. The number of rotatable bonds is 5. The molecule has 1 heterocycles. The fourth-order valence-corrected chi connectivity index (χ4v) is 3.32. The molecule has 3 rings (SSSR count). The monoisotopic (exact) mass is 368 g/mol. The predicted molar refractivity (Wildman–Crippen MR) is 96.7 cm³/mol. The lowest BCUT2D eigenvalue weighted by molar-refractivity contribution is 0.0981. The summed E-state index contributed by atoms with van der Waals surface area (Å²) >= 11 is 0. The molecule has 2 aromatic carbocycles. The van der Waals surface area contributed by atoms with Crippen LogP contribution in [0.2, 0.25) is 0 Å². The molecule has 0 bridgehead atoms. The molecular weight excluding hydrogens is 352 g/mol. The number of nitrogens with zero attached hydrogens (tertiary/aromatic N) is 1. The molecule has 0 unspecified atom stereocenters. The van der Waals surface area contributed by atoms with Gasteiger partial charge in [0.25, 0.3) is 15.9 Å². The Morgan fingerprint density at radius 1 is 0.923 bits per heavy atom. The van der Waals surface area contributed by atoms with Gasteiger partial charge in [-0.15, -0.1) is 0 Å². The van der Waals surface area contributed by atoms with Gasteiger partial charge in [0.2, 0.25) is 0 Å². The summed E-state index contributed by atoms with van der Waals surface area (Å²) in [6.45, 7) is -0.256. The summed E-state index contributed by atoms with van der Waals surface area (Å²) in [4.78, 5) is 16.0. The van der Waals surface area contributed by atoms with Gasteiger partial charge in [-0.05, 0) is 35.4 Å². The Morgan fingerprint density at radius 3 is 2.15 bits per heavy atom. The van der Waals surface area contributed by atoms with E-state index in [0.717, 1.165) is 11.1 Å². The summed E-state index contributed by atoms with van der Waals surface area (Å²) < 4.78 is 26.8. The number of amides is 1. The number of aliphatic hydroxyl groups is 1. The molecule has 2 N–H and O–H groups in total. The maximum Gasteiger partial charge on any atom is 0.266 e. The van der Waals surface area contributed by atoms with Gasteiger partial charge >= 0.3 is 0 Å². The van der Waals surface area contributed by atoms with Crippen LogP contribution in [0.15, 0.2) is 77.8 Å². The smallest absolute Gasteiger partial charge is 0.266 e. The number of hydrogen-bond acceptors (Lipinski definition) is 5. The highest BCUT2D eigenvalue weighted by Crippen LogP contribution is 2.21.